The molecule has 0 saturated carbocycles. The quantitative estimate of drug-likeness (QED) is 0.363. The molecule has 154 valence electrons. The molecule has 31 heavy (non-hydrogen) atoms. The first-order valence-electron chi connectivity index (χ1n) is 10.9. The van der Waals surface area contributed by atoms with Gasteiger partial charge in [0.25, 0.3) is 0 Å². The van der Waals surface area contributed by atoms with E-state index in [1.54, 1.807) is 0 Å². The van der Waals surface area contributed by atoms with E-state index >= 15 is 0 Å². The van der Waals surface area contributed by atoms with Crippen LogP contribution in [0.5, 0.6) is 0 Å². The van der Waals surface area contributed by atoms with Crippen molar-refractivity contribution in [2.75, 3.05) is 0 Å². The minimum Gasteiger partial charge on any atom is -0.399 e. The summed E-state index contributed by atoms with van der Waals surface area (Å²) in [6.07, 6.45) is 0. The van der Waals surface area contributed by atoms with Crippen LogP contribution in [-0.4, -0.2) is 18.3 Å². The third kappa shape index (κ3) is 3.58. The Hall–Kier alpha value is -2.88. The Morgan fingerprint density at radius 3 is 1.87 bits per heavy atom. The fraction of sp³-hybridized carbons (Fsp3) is 0.214. The van der Waals surface area contributed by atoms with E-state index in [0.29, 0.717) is 0 Å². The second kappa shape index (κ2) is 7.37. The average Bonchev–Trinajstić information content (AvgIpc) is 3.00. The Morgan fingerprint density at radius 2 is 1.16 bits per heavy atom. The van der Waals surface area contributed by atoms with Crippen LogP contribution in [0.4, 0.5) is 0 Å². The van der Waals surface area contributed by atoms with Crippen LogP contribution in [0.1, 0.15) is 27.7 Å². The summed E-state index contributed by atoms with van der Waals surface area (Å²) in [6.45, 7) is 8.39. The summed E-state index contributed by atoms with van der Waals surface area (Å²) in [5, 5.41) is 2.47. The van der Waals surface area contributed by atoms with Crippen molar-refractivity contribution in [2.45, 2.75) is 38.9 Å². The van der Waals surface area contributed by atoms with E-state index in [9.17, 15) is 0 Å². The Balaban J connectivity index is 1.67. The summed E-state index contributed by atoms with van der Waals surface area (Å²) in [6, 6.07) is 32.2. The number of hydrogen-bond acceptors (Lipinski definition) is 2. The van der Waals surface area contributed by atoms with E-state index in [1.165, 1.54) is 27.5 Å². The molecule has 0 aromatic heterocycles. The molecule has 1 fully saturated rings. The van der Waals surface area contributed by atoms with Gasteiger partial charge in [-0.3, -0.25) is 0 Å². The summed E-state index contributed by atoms with van der Waals surface area (Å²) in [5.41, 5.74) is 5.00. The van der Waals surface area contributed by atoms with E-state index in [2.05, 4.69) is 113 Å². The van der Waals surface area contributed by atoms with E-state index in [-0.39, 0.29) is 11.2 Å². The monoisotopic (exact) mass is 406 g/mol. The lowest BCUT2D eigenvalue weighted by atomic mass is 9.73. The molecule has 3 heteroatoms. The topological polar surface area (TPSA) is 18.5 Å². The fourth-order valence-electron chi connectivity index (χ4n) is 4.15. The van der Waals surface area contributed by atoms with Gasteiger partial charge in [-0.2, -0.15) is 0 Å². The second-order valence-corrected chi connectivity index (χ2v) is 9.32. The lowest BCUT2D eigenvalue weighted by Gasteiger charge is -2.32. The van der Waals surface area contributed by atoms with Crippen molar-refractivity contribution in [2.24, 2.45) is 0 Å². The van der Waals surface area contributed by atoms with Crippen LogP contribution in [0.25, 0.3) is 33.0 Å². The minimum atomic E-state index is -0.406. The van der Waals surface area contributed by atoms with Gasteiger partial charge in [0.1, 0.15) is 0 Å². The minimum absolute atomic E-state index is 0.379. The Bertz CT molecular complexity index is 1230. The molecule has 0 radical (unpaired) electrons. The van der Waals surface area contributed by atoms with Crippen molar-refractivity contribution in [3.8, 4) is 22.3 Å². The highest BCUT2D eigenvalue weighted by Crippen LogP contribution is 2.38. The molecule has 4 aromatic carbocycles. The van der Waals surface area contributed by atoms with Gasteiger partial charge in [-0.05, 0) is 78.3 Å². The van der Waals surface area contributed by atoms with Crippen LogP contribution >= 0.6 is 0 Å². The summed E-state index contributed by atoms with van der Waals surface area (Å²) in [7, 11) is -0.406. The Kier molecular flexibility index (Phi) is 4.77. The summed E-state index contributed by atoms with van der Waals surface area (Å²) >= 11 is 0. The summed E-state index contributed by atoms with van der Waals surface area (Å²) < 4.78 is 12.8. The van der Waals surface area contributed by atoms with E-state index in [1.807, 2.05) is 6.07 Å². The van der Waals surface area contributed by atoms with Crippen LogP contribution in [0, 0.1) is 0 Å². The van der Waals surface area contributed by atoms with Crippen LogP contribution in [0.15, 0.2) is 91.0 Å². The summed E-state index contributed by atoms with van der Waals surface area (Å²) in [5.74, 6) is 0. The van der Waals surface area contributed by atoms with E-state index in [4.69, 9.17) is 9.31 Å². The predicted molar refractivity (Wildman–Crippen MR) is 131 cm³/mol. The van der Waals surface area contributed by atoms with Crippen LogP contribution in [0.2, 0.25) is 0 Å². The standard InChI is InChI=1S/C28H27BO2/c1-27(2)28(3,4)31-29(30-27)26-17-16-23(20-10-6-5-7-11-20)19-25(26)24-15-14-21-12-8-9-13-22(21)18-24/h5-19H,1-4H3. The molecule has 0 spiro atoms. The molecule has 5 rings (SSSR count). The maximum atomic E-state index is 6.42. The molecule has 0 unspecified atom stereocenters. The highest BCUT2D eigenvalue weighted by atomic mass is 16.7. The first kappa shape index (κ1) is 20.1. The van der Waals surface area contributed by atoms with Crippen molar-refractivity contribution in [3.63, 3.8) is 0 Å². The van der Waals surface area contributed by atoms with Crippen molar-refractivity contribution >= 4 is 23.4 Å². The molecule has 0 atom stereocenters. The van der Waals surface area contributed by atoms with Gasteiger partial charge in [0.15, 0.2) is 0 Å². The maximum Gasteiger partial charge on any atom is 0.495 e. The first-order chi connectivity index (χ1) is 14.8. The van der Waals surface area contributed by atoms with Gasteiger partial charge in [-0.1, -0.05) is 78.9 Å². The van der Waals surface area contributed by atoms with E-state index < -0.39 is 7.12 Å². The molecule has 2 nitrogen and oxygen atoms in total. The molecular formula is C28H27BO2. The van der Waals surface area contributed by atoms with Gasteiger partial charge in [-0.15, -0.1) is 0 Å². The predicted octanol–water partition coefficient (Wildman–Crippen LogP) is 6.47. The van der Waals surface area contributed by atoms with Crippen LogP contribution in [0.3, 0.4) is 0 Å². The first-order valence-corrected chi connectivity index (χ1v) is 10.9. The smallest absolute Gasteiger partial charge is 0.399 e. The molecule has 0 bridgehead atoms. The SMILES string of the molecule is CC1(C)OB(c2ccc(-c3ccccc3)cc2-c2ccc3ccccc3c2)OC1(C)C. The number of benzene rings is 4. The zero-order valence-corrected chi connectivity index (χ0v) is 18.6. The van der Waals surface area contributed by atoms with Crippen molar-refractivity contribution in [3.05, 3.63) is 91.0 Å². The van der Waals surface area contributed by atoms with Crippen molar-refractivity contribution in [1.29, 1.82) is 0 Å². The highest BCUT2D eigenvalue weighted by Gasteiger charge is 2.52. The molecule has 1 aliphatic heterocycles. The van der Waals surface area contributed by atoms with Gasteiger partial charge in [0.05, 0.1) is 11.2 Å². The molecule has 0 aliphatic carbocycles. The van der Waals surface area contributed by atoms with Gasteiger partial charge in [0, 0.05) is 0 Å². The van der Waals surface area contributed by atoms with Crippen LogP contribution < -0.4 is 5.46 Å². The Morgan fingerprint density at radius 1 is 0.548 bits per heavy atom. The number of hydrogen-bond donors (Lipinski definition) is 0. The van der Waals surface area contributed by atoms with Gasteiger partial charge < -0.3 is 9.31 Å². The van der Waals surface area contributed by atoms with Crippen LogP contribution in [-0.2, 0) is 9.31 Å². The normalized spacial score (nSPS) is 17.2. The second-order valence-electron chi connectivity index (χ2n) is 9.32. The fourth-order valence-corrected chi connectivity index (χ4v) is 4.15. The highest BCUT2D eigenvalue weighted by molar-refractivity contribution is 6.64. The molecular weight excluding hydrogens is 379 g/mol. The molecule has 1 aliphatic rings. The van der Waals surface area contributed by atoms with Gasteiger partial charge in [-0.25, -0.2) is 0 Å². The number of rotatable bonds is 3. The molecule has 0 amide bonds. The van der Waals surface area contributed by atoms with Crippen molar-refractivity contribution < 1.29 is 9.31 Å². The molecule has 1 saturated heterocycles. The Labute approximate surface area is 185 Å². The lowest BCUT2D eigenvalue weighted by molar-refractivity contribution is 0.00578. The van der Waals surface area contributed by atoms with Crippen molar-refractivity contribution in [1.82, 2.24) is 0 Å². The lowest BCUT2D eigenvalue weighted by Crippen LogP contribution is -2.41. The summed E-state index contributed by atoms with van der Waals surface area (Å²) in [4.78, 5) is 0. The van der Waals surface area contributed by atoms with Gasteiger partial charge >= 0.3 is 7.12 Å². The number of fused-ring (bicyclic) bond motifs is 1. The zero-order chi connectivity index (χ0) is 21.6. The largest absolute Gasteiger partial charge is 0.495 e. The zero-order valence-electron chi connectivity index (χ0n) is 18.6. The third-order valence-electron chi connectivity index (χ3n) is 6.73. The third-order valence-corrected chi connectivity index (χ3v) is 6.73. The van der Waals surface area contributed by atoms with E-state index in [0.717, 1.165) is 11.0 Å². The maximum absolute atomic E-state index is 6.42. The molecule has 4 aromatic rings. The van der Waals surface area contributed by atoms with Gasteiger partial charge in [0.2, 0.25) is 0 Å². The molecule has 0 N–H and O–H groups in total. The molecule has 1 heterocycles. The average molecular weight is 406 g/mol.